The lowest BCUT2D eigenvalue weighted by molar-refractivity contribution is -0.143. The van der Waals surface area contributed by atoms with E-state index >= 15 is 0 Å². The minimum absolute atomic E-state index is 0.0517. The Morgan fingerprint density at radius 1 is 0.829 bits per heavy atom. The lowest BCUT2D eigenvalue weighted by atomic mass is 10.2. The van der Waals surface area contributed by atoms with Crippen LogP contribution in [0, 0.1) is 0 Å². The van der Waals surface area contributed by atoms with Gasteiger partial charge >= 0.3 is 0 Å². The normalized spacial score (nSPS) is 10.9. The molecular weight excluding hydrogens is 538 g/mol. The first kappa shape index (κ1) is 29.7. The molecule has 0 aliphatic rings. The number of nitrogens with zero attached hydrogens (tertiary/aromatic N) is 3. The van der Waals surface area contributed by atoms with Crippen molar-refractivity contribution in [1.29, 1.82) is 0 Å². The molecular formula is C33H36ClN3O4. The quantitative estimate of drug-likeness (QED) is 0.195. The molecule has 0 N–H and O–H groups in total. The fourth-order valence-electron chi connectivity index (χ4n) is 4.51. The maximum absolute atomic E-state index is 13.8. The van der Waals surface area contributed by atoms with Gasteiger partial charge in [-0.3, -0.25) is 9.59 Å². The molecule has 0 unspecified atom stereocenters. The number of halogens is 1. The van der Waals surface area contributed by atoms with E-state index in [0.717, 1.165) is 22.6 Å². The first-order valence-corrected chi connectivity index (χ1v) is 14.0. The molecule has 0 atom stereocenters. The van der Waals surface area contributed by atoms with Gasteiger partial charge in [0, 0.05) is 36.0 Å². The monoisotopic (exact) mass is 573 g/mol. The van der Waals surface area contributed by atoms with Crippen LogP contribution in [0.1, 0.15) is 30.7 Å². The van der Waals surface area contributed by atoms with Crippen LogP contribution in [0.3, 0.4) is 0 Å². The van der Waals surface area contributed by atoms with Crippen LogP contribution in [0.2, 0.25) is 5.02 Å². The number of hydrogen-bond donors (Lipinski definition) is 0. The zero-order chi connectivity index (χ0) is 29.2. The van der Waals surface area contributed by atoms with Gasteiger partial charge in [-0.2, -0.15) is 0 Å². The van der Waals surface area contributed by atoms with E-state index in [1.807, 2.05) is 80.7 Å². The highest BCUT2D eigenvalue weighted by Gasteiger charge is 2.25. The molecule has 0 radical (unpaired) electrons. The summed E-state index contributed by atoms with van der Waals surface area (Å²) in [7, 11) is 1.66. The minimum atomic E-state index is -0.260. The van der Waals surface area contributed by atoms with E-state index in [1.165, 1.54) is 0 Å². The average Bonchev–Trinajstić information content (AvgIpc) is 3.41. The Hall–Kier alpha value is -4.23. The second-order valence-corrected chi connectivity index (χ2v) is 10.5. The summed E-state index contributed by atoms with van der Waals surface area (Å²) in [6.07, 6.45) is 2.01. The highest BCUT2D eigenvalue weighted by atomic mass is 35.5. The average molecular weight is 574 g/mol. The highest BCUT2D eigenvalue weighted by Crippen LogP contribution is 2.18. The third-order valence-electron chi connectivity index (χ3n) is 6.76. The molecule has 4 aromatic rings. The molecule has 41 heavy (non-hydrogen) atoms. The number of carbonyl (C=O) groups is 2. The molecule has 0 bridgehead atoms. The molecule has 3 aromatic carbocycles. The number of carbonyl (C=O) groups excluding carboxylic acids is 2. The van der Waals surface area contributed by atoms with Crippen molar-refractivity contribution in [3.8, 4) is 11.5 Å². The second-order valence-electron chi connectivity index (χ2n) is 10.1. The molecule has 7 nitrogen and oxygen atoms in total. The number of aromatic nitrogens is 1. The zero-order valence-corrected chi connectivity index (χ0v) is 24.5. The van der Waals surface area contributed by atoms with E-state index in [4.69, 9.17) is 21.1 Å². The molecule has 0 spiro atoms. The Morgan fingerprint density at radius 2 is 1.56 bits per heavy atom. The van der Waals surface area contributed by atoms with E-state index < -0.39 is 0 Å². The smallest absolute Gasteiger partial charge is 0.261 e. The van der Waals surface area contributed by atoms with Crippen molar-refractivity contribution in [3.05, 3.63) is 119 Å². The summed E-state index contributed by atoms with van der Waals surface area (Å²) < 4.78 is 13.2. The van der Waals surface area contributed by atoms with Gasteiger partial charge < -0.3 is 23.8 Å². The van der Waals surface area contributed by atoms with E-state index in [-0.39, 0.29) is 31.0 Å². The molecule has 1 aromatic heterocycles. The van der Waals surface area contributed by atoms with Crippen molar-refractivity contribution < 1.29 is 19.1 Å². The first-order chi connectivity index (χ1) is 19.8. The summed E-state index contributed by atoms with van der Waals surface area (Å²) in [6, 6.07) is 28.5. The van der Waals surface area contributed by atoms with Crippen LogP contribution < -0.4 is 9.47 Å². The van der Waals surface area contributed by atoms with Crippen LogP contribution in [-0.2, 0) is 29.2 Å². The summed E-state index contributed by atoms with van der Waals surface area (Å²) in [5, 5.41) is 0.589. The lowest BCUT2D eigenvalue weighted by Crippen LogP contribution is -2.47. The van der Waals surface area contributed by atoms with Crippen molar-refractivity contribution in [2.45, 2.75) is 39.5 Å². The van der Waals surface area contributed by atoms with Crippen molar-refractivity contribution in [2.75, 3.05) is 20.3 Å². The van der Waals surface area contributed by atoms with Gasteiger partial charge in [-0.15, -0.1) is 0 Å². The van der Waals surface area contributed by atoms with Gasteiger partial charge in [0.25, 0.3) is 5.91 Å². The van der Waals surface area contributed by atoms with Gasteiger partial charge in [0.05, 0.1) is 13.7 Å². The van der Waals surface area contributed by atoms with Gasteiger partial charge in [-0.25, -0.2) is 0 Å². The molecule has 0 saturated carbocycles. The second kappa shape index (κ2) is 14.4. The number of hydrogen-bond acceptors (Lipinski definition) is 4. The van der Waals surface area contributed by atoms with E-state index in [0.29, 0.717) is 30.4 Å². The van der Waals surface area contributed by atoms with Gasteiger partial charge in [-0.05, 0) is 73.5 Å². The SMILES string of the molecule is COc1cccc(Cn2cccc2CN(Cc2ccccc2)C(=O)CN(C(=O)COc2ccc(Cl)cc2)C(C)C)c1. The van der Waals surface area contributed by atoms with Crippen LogP contribution in [0.5, 0.6) is 11.5 Å². The van der Waals surface area contributed by atoms with Crippen LogP contribution >= 0.6 is 11.6 Å². The Morgan fingerprint density at radius 3 is 2.27 bits per heavy atom. The van der Waals surface area contributed by atoms with Gasteiger partial charge in [-0.1, -0.05) is 54.1 Å². The molecule has 4 rings (SSSR count). The Kier molecular flexibility index (Phi) is 10.5. The van der Waals surface area contributed by atoms with E-state index in [9.17, 15) is 9.59 Å². The Labute approximate surface area is 246 Å². The molecule has 0 saturated heterocycles. The van der Waals surface area contributed by atoms with Gasteiger partial charge in [0.15, 0.2) is 6.61 Å². The maximum atomic E-state index is 13.8. The summed E-state index contributed by atoms with van der Waals surface area (Å²) in [6.45, 7) is 5.03. The van der Waals surface area contributed by atoms with E-state index in [2.05, 4.69) is 10.6 Å². The summed E-state index contributed by atoms with van der Waals surface area (Å²) >= 11 is 5.95. The zero-order valence-electron chi connectivity index (χ0n) is 23.7. The third-order valence-corrected chi connectivity index (χ3v) is 7.01. The number of rotatable bonds is 13. The standard InChI is InChI=1S/C33H36ClN3O4/c1-25(2)37(33(39)24-41-30-16-14-28(34)15-17-30)23-32(38)36(20-26-9-5-4-6-10-26)22-29-12-8-18-35(29)21-27-11-7-13-31(19-27)40-3/h4-19,25H,20-24H2,1-3H3. The number of amides is 2. The van der Waals surface area contributed by atoms with Gasteiger partial charge in [0.2, 0.25) is 5.91 Å². The third kappa shape index (κ3) is 8.63. The molecule has 214 valence electrons. The summed E-state index contributed by atoms with van der Waals surface area (Å²) in [4.78, 5) is 30.3. The number of methoxy groups -OCH3 is 1. The fraction of sp³-hybridized carbons (Fsp3) is 0.273. The van der Waals surface area contributed by atoms with Gasteiger partial charge in [0.1, 0.15) is 18.0 Å². The van der Waals surface area contributed by atoms with Crippen molar-refractivity contribution in [1.82, 2.24) is 14.4 Å². The summed E-state index contributed by atoms with van der Waals surface area (Å²) in [5.74, 6) is 0.941. The molecule has 1 heterocycles. The molecule has 8 heteroatoms. The predicted molar refractivity (Wildman–Crippen MR) is 161 cm³/mol. The topological polar surface area (TPSA) is 64.0 Å². The van der Waals surface area contributed by atoms with Crippen LogP contribution in [-0.4, -0.2) is 52.5 Å². The van der Waals surface area contributed by atoms with Crippen LogP contribution in [0.25, 0.3) is 0 Å². The number of benzene rings is 3. The van der Waals surface area contributed by atoms with Crippen LogP contribution in [0.4, 0.5) is 0 Å². The van der Waals surface area contributed by atoms with Crippen molar-refractivity contribution >= 4 is 23.4 Å². The molecule has 0 fully saturated rings. The summed E-state index contributed by atoms with van der Waals surface area (Å²) in [5.41, 5.74) is 3.10. The molecule has 0 aliphatic carbocycles. The van der Waals surface area contributed by atoms with Crippen molar-refractivity contribution in [2.24, 2.45) is 0 Å². The Balaban J connectivity index is 1.49. The van der Waals surface area contributed by atoms with Crippen molar-refractivity contribution in [3.63, 3.8) is 0 Å². The first-order valence-electron chi connectivity index (χ1n) is 13.6. The van der Waals surface area contributed by atoms with Crippen LogP contribution in [0.15, 0.2) is 97.2 Å². The highest BCUT2D eigenvalue weighted by molar-refractivity contribution is 6.30. The molecule has 0 aliphatic heterocycles. The lowest BCUT2D eigenvalue weighted by Gasteiger charge is -2.30. The van der Waals surface area contributed by atoms with E-state index in [1.54, 1.807) is 41.2 Å². The number of ether oxygens (including phenoxy) is 2. The predicted octanol–water partition coefficient (Wildman–Crippen LogP) is 6.04. The minimum Gasteiger partial charge on any atom is -0.497 e. The fourth-order valence-corrected chi connectivity index (χ4v) is 4.64. The Bertz CT molecular complexity index is 1420. The largest absolute Gasteiger partial charge is 0.497 e. The maximum Gasteiger partial charge on any atom is 0.261 e. The molecule has 2 amide bonds.